The average Bonchev–Trinajstić information content (AvgIpc) is 2.40. The summed E-state index contributed by atoms with van der Waals surface area (Å²) in [5.41, 5.74) is 0. The van der Waals surface area contributed by atoms with Crippen molar-refractivity contribution in [1.29, 1.82) is 0 Å². The SMILES string of the molecule is O=C1CCC(NC(=O)COc2ccc(Cl)cc2Br)CN1. The highest BCUT2D eigenvalue weighted by Crippen LogP contribution is 2.27. The van der Waals surface area contributed by atoms with Gasteiger partial charge in [0.05, 0.1) is 4.47 Å². The first kappa shape index (κ1) is 15.1. The number of halogens is 2. The van der Waals surface area contributed by atoms with Gasteiger partial charge < -0.3 is 15.4 Å². The molecule has 0 saturated carbocycles. The van der Waals surface area contributed by atoms with Gasteiger partial charge in [-0.3, -0.25) is 9.59 Å². The zero-order valence-corrected chi connectivity index (χ0v) is 13.0. The number of hydrogen-bond donors (Lipinski definition) is 2. The van der Waals surface area contributed by atoms with Crippen LogP contribution in [0, 0.1) is 0 Å². The van der Waals surface area contributed by atoms with E-state index in [9.17, 15) is 9.59 Å². The highest BCUT2D eigenvalue weighted by atomic mass is 79.9. The summed E-state index contributed by atoms with van der Waals surface area (Å²) in [5.74, 6) is 0.367. The van der Waals surface area contributed by atoms with Gasteiger partial charge in [0.1, 0.15) is 5.75 Å². The van der Waals surface area contributed by atoms with Gasteiger partial charge in [-0.15, -0.1) is 0 Å². The third kappa shape index (κ3) is 4.38. The van der Waals surface area contributed by atoms with Crippen LogP contribution in [0.15, 0.2) is 22.7 Å². The fraction of sp³-hybridized carbons (Fsp3) is 0.385. The molecule has 1 aromatic rings. The fourth-order valence-electron chi connectivity index (χ4n) is 1.86. The minimum atomic E-state index is -0.215. The Morgan fingerprint density at radius 2 is 2.35 bits per heavy atom. The van der Waals surface area contributed by atoms with Crippen molar-refractivity contribution in [3.05, 3.63) is 27.7 Å². The second kappa shape index (κ2) is 6.95. The minimum absolute atomic E-state index is 0.0249. The third-order valence-electron chi connectivity index (χ3n) is 2.88. The predicted octanol–water partition coefficient (Wildman–Crippen LogP) is 1.88. The highest BCUT2D eigenvalue weighted by Gasteiger charge is 2.19. The van der Waals surface area contributed by atoms with Crippen LogP contribution in [0.2, 0.25) is 5.02 Å². The Morgan fingerprint density at radius 1 is 1.55 bits per heavy atom. The summed E-state index contributed by atoms with van der Waals surface area (Å²) >= 11 is 9.13. The molecule has 5 nitrogen and oxygen atoms in total. The van der Waals surface area contributed by atoms with Crippen molar-refractivity contribution in [2.24, 2.45) is 0 Å². The molecule has 1 unspecified atom stereocenters. The zero-order chi connectivity index (χ0) is 14.5. The maximum Gasteiger partial charge on any atom is 0.258 e. The number of hydrogen-bond acceptors (Lipinski definition) is 3. The standard InChI is InChI=1S/C13H14BrClN2O3/c14-10-5-8(15)1-3-11(10)20-7-13(19)17-9-2-4-12(18)16-6-9/h1,3,5,9H,2,4,6-7H2,(H,16,18)(H,17,19). The largest absolute Gasteiger partial charge is 0.483 e. The molecule has 2 rings (SSSR count). The Balaban J connectivity index is 1.78. The Morgan fingerprint density at radius 3 is 3.00 bits per heavy atom. The number of ether oxygens (including phenoxy) is 1. The van der Waals surface area contributed by atoms with Gasteiger partial charge in [-0.2, -0.15) is 0 Å². The number of nitrogens with one attached hydrogen (secondary N) is 2. The van der Waals surface area contributed by atoms with E-state index in [4.69, 9.17) is 16.3 Å². The molecule has 1 aliphatic rings. The third-order valence-corrected chi connectivity index (χ3v) is 3.74. The predicted molar refractivity (Wildman–Crippen MR) is 78.8 cm³/mol. The lowest BCUT2D eigenvalue weighted by atomic mass is 10.1. The molecule has 2 N–H and O–H groups in total. The van der Waals surface area contributed by atoms with E-state index in [1.54, 1.807) is 18.2 Å². The molecule has 1 aromatic carbocycles. The molecule has 1 saturated heterocycles. The Kier molecular flexibility index (Phi) is 5.25. The van der Waals surface area contributed by atoms with Gasteiger partial charge in [-0.1, -0.05) is 11.6 Å². The molecule has 1 aliphatic heterocycles. The molecular formula is C13H14BrClN2O3. The Labute approximate surface area is 130 Å². The zero-order valence-electron chi connectivity index (χ0n) is 10.6. The van der Waals surface area contributed by atoms with E-state index in [1.165, 1.54) is 0 Å². The summed E-state index contributed by atoms with van der Waals surface area (Å²) in [6, 6.07) is 5.06. The van der Waals surface area contributed by atoms with Gasteiger partial charge in [0.2, 0.25) is 5.91 Å². The molecular weight excluding hydrogens is 348 g/mol. The molecule has 1 heterocycles. The molecule has 0 radical (unpaired) electrons. The maximum atomic E-state index is 11.8. The molecule has 1 fully saturated rings. The summed E-state index contributed by atoms with van der Waals surface area (Å²) in [6.07, 6.45) is 1.09. The first-order valence-corrected chi connectivity index (χ1v) is 7.35. The number of amides is 2. The van der Waals surface area contributed by atoms with Gasteiger partial charge in [0.25, 0.3) is 5.91 Å². The first-order valence-electron chi connectivity index (χ1n) is 6.18. The lowest BCUT2D eigenvalue weighted by Gasteiger charge is -2.23. The fourth-order valence-corrected chi connectivity index (χ4v) is 2.66. The van der Waals surface area contributed by atoms with Gasteiger partial charge in [0, 0.05) is 24.0 Å². The van der Waals surface area contributed by atoms with Crippen LogP contribution in [-0.4, -0.2) is 31.0 Å². The van der Waals surface area contributed by atoms with Crippen molar-refractivity contribution < 1.29 is 14.3 Å². The molecule has 0 aromatic heterocycles. The van der Waals surface area contributed by atoms with E-state index in [1.807, 2.05) is 0 Å². The van der Waals surface area contributed by atoms with E-state index in [0.29, 0.717) is 34.6 Å². The summed E-state index contributed by atoms with van der Waals surface area (Å²) in [4.78, 5) is 22.8. The molecule has 108 valence electrons. The number of carbonyl (C=O) groups excluding carboxylic acids is 2. The molecule has 7 heteroatoms. The lowest BCUT2D eigenvalue weighted by molar-refractivity contribution is -0.126. The Bertz CT molecular complexity index is 514. The van der Waals surface area contributed by atoms with E-state index in [2.05, 4.69) is 26.6 Å². The number of piperidine rings is 1. The maximum absolute atomic E-state index is 11.8. The summed E-state index contributed by atoms with van der Waals surface area (Å²) in [5, 5.41) is 6.12. The summed E-state index contributed by atoms with van der Waals surface area (Å²) in [7, 11) is 0. The molecule has 0 spiro atoms. The molecule has 2 amide bonds. The van der Waals surface area contributed by atoms with Crippen LogP contribution in [0.4, 0.5) is 0 Å². The Hall–Kier alpha value is -1.27. The van der Waals surface area contributed by atoms with Crippen molar-refractivity contribution >= 4 is 39.3 Å². The van der Waals surface area contributed by atoms with Crippen LogP contribution in [-0.2, 0) is 9.59 Å². The second-order valence-electron chi connectivity index (χ2n) is 4.47. The van der Waals surface area contributed by atoms with E-state index in [-0.39, 0.29) is 24.5 Å². The topological polar surface area (TPSA) is 67.4 Å². The van der Waals surface area contributed by atoms with Crippen molar-refractivity contribution in [1.82, 2.24) is 10.6 Å². The van der Waals surface area contributed by atoms with Gasteiger partial charge in [0.15, 0.2) is 6.61 Å². The van der Waals surface area contributed by atoms with Crippen LogP contribution in [0.3, 0.4) is 0 Å². The molecule has 0 bridgehead atoms. The van der Waals surface area contributed by atoms with Crippen LogP contribution >= 0.6 is 27.5 Å². The van der Waals surface area contributed by atoms with Gasteiger partial charge in [-0.25, -0.2) is 0 Å². The molecule has 20 heavy (non-hydrogen) atoms. The lowest BCUT2D eigenvalue weighted by Crippen LogP contribution is -2.48. The number of rotatable bonds is 4. The van der Waals surface area contributed by atoms with Crippen molar-refractivity contribution in [3.63, 3.8) is 0 Å². The van der Waals surface area contributed by atoms with Gasteiger partial charge in [-0.05, 0) is 40.5 Å². The van der Waals surface area contributed by atoms with E-state index < -0.39 is 0 Å². The summed E-state index contributed by atoms with van der Waals surface area (Å²) < 4.78 is 6.11. The van der Waals surface area contributed by atoms with Crippen molar-refractivity contribution in [2.45, 2.75) is 18.9 Å². The number of benzene rings is 1. The minimum Gasteiger partial charge on any atom is -0.483 e. The van der Waals surface area contributed by atoms with Crippen molar-refractivity contribution in [3.8, 4) is 5.75 Å². The average molecular weight is 362 g/mol. The number of carbonyl (C=O) groups is 2. The normalized spacial score (nSPS) is 18.3. The van der Waals surface area contributed by atoms with Gasteiger partial charge >= 0.3 is 0 Å². The van der Waals surface area contributed by atoms with E-state index in [0.717, 1.165) is 0 Å². The molecule has 0 aliphatic carbocycles. The van der Waals surface area contributed by atoms with E-state index >= 15 is 0 Å². The van der Waals surface area contributed by atoms with Crippen LogP contribution in [0.25, 0.3) is 0 Å². The monoisotopic (exact) mass is 360 g/mol. The highest BCUT2D eigenvalue weighted by molar-refractivity contribution is 9.10. The first-order chi connectivity index (χ1) is 9.54. The second-order valence-corrected chi connectivity index (χ2v) is 5.76. The quantitative estimate of drug-likeness (QED) is 0.860. The van der Waals surface area contributed by atoms with Crippen LogP contribution in [0.5, 0.6) is 5.75 Å². The summed E-state index contributed by atoms with van der Waals surface area (Å²) in [6.45, 7) is 0.389. The smallest absolute Gasteiger partial charge is 0.258 e. The molecule has 1 atom stereocenters. The van der Waals surface area contributed by atoms with Crippen LogP contribution in [0.1, 0.15) is 12.8 Å². The van der Waals surface area contributed by atoms with Crippen molar-refractivity contribution in [2.75, 3.05) is 13.2 Å². The van der Waals surface area contributed by atoms with Crippen LogP contribution < -0.4 is 15.4 Å².